The monoisotopic (exact) mass is 394 g/mol. The van der Waals surface area contributed by atoms with E-state index in [4.69, 9.17) is 0 Å². The Kier molecular flexibility index (Phi) is 5.53. The summed E-state index contributed by atoms with van der Waals surface area (Å²) in [6.45, 7) is 0.153. The van der Waals surface area contributed by atoms with E-state index in [-0.39, 0.29) is 24.4 Å². The Bertz CT molecular complexity index is 958. The van der Waals surface area contributed by atoms with Crippen LogP contribution in [-0.2, 0) is 11.3 Å². The summed E-state index contributed by atoms with van der Waals surface area (Å²) in [4.78, 5) is 25.5. The molecular weight excluding hydrogens is 372 g/mol. The molecule has 1 fully saturated rings. The lowest BCUT2D eigenvalue weighted by atomic mass is 10.1. The molecule has 7 heteroatoms. The van der Waals surface area contributed by atoms with Gasteiger partial charge in [-0.2, -0.15) is 5.10 Å². The van der Waals surface area contributed by atoms with E-state index in [1.807, 2.05) is 41.8 Å². The van der Waals surface area contributed by atoms with E-state index < -0.39 is 0 Å². The van der Waals surface area contributed by atoms with Crippen LogP contribution in [0.25, 0.3) is 11.1 Å². The summed E-state index contributed by atoms with van der Waals surface area (Å²) in [7, 11) is 0. The highest BCUT2D eigenvalue weighted by Crippen LogP contribution is 2.28. The highest BCUT2D eigenvalue weighted by Gasteiger charge is 2.18. The number of amides is 2. The van der Waals surface area contributed by atoms with Crippen molar-refractivity contribution in [3.05, 3.63) is 59.0 Å². The molecule has 0 saturated heterocycles. The molecule has 0 spiro atoms. The standard InChI is InChI=1S/C21H22N4O2S/c26-19(23-16-8-4-5-9-16)14-25-13-17(12-22-25)24-21(27)20-18(10-11-28-20)15-6-2-1-3-7-15/h1-3,6-7,10-13,16H,4-5,8-9,14H2,(H,23,26)(H,24,27). The molecule has 1 saturated carbocycles. The fourth-order valence-corrected chi connectivity index (χ4v) is 4.33. The Morgan fingerprint density at radius 1 is 1.14 bits per heavy atom. The van der Waals surface area contributed by atoms with Crippen LogP contribution in [0.1, 0.15) is 35.4 Å². The molecule has 2 N–H and O–H groups in total. The fraction of sp³-hybridized carbons (Fsp3) is 0.286. The molecule has 0 atom stereocenters. The Balaban J connectivity index is 1.38. The minimum Gasteiger partial charge on any atom is -0.352 e. The van der Waals surface area contributed by atoms with E-state index in [1.165, 1.54) is 24.2 Å². The van der Waals surface area contributed by atoms with Crippen LogP contribution in [-0.4, -0.2) is 27.6 Å². The summed E-state index contributed by atoms with van der Waals surface area (Å²) in [5.74, 6) is -0.221. The third-order valence-electron chi connectivity index (χ3n) is 4.87. The van der Waals surface area contributed by atoms with Gasteiger partial charge < -0.3 is 10.6 Å². The van der Waals surface area contributed by atoms with E-state index in [0.29, 0.717) is 10.6 Å². The molecule has 0 unspecified atom stereocenters. The molecule has 1 aromatic carbocycles. The van der Waals surface area contributed by atoms with Crippen LogP contribution >= 0.6 is 11.3 Å². The summed E-state index contributed by atoms with van der Waals surface area (Å²) >= 11 is 1.40. The Morgan fingerprint density at radius 3 is 2.71 bits per heavy atom. The predicted molar refractivity (Wildman–Crippen MR) is 110 cm³/mol. The molecule has 0 radical (unpaired) electrons. The van der Waals surface area contributed by atoms with Crippen molar-refractivity contribution in [2.45, 2.75) is 38.3 Å². The number of nitrogens with one attached hydrogen (secondary N) is 2. The smallest absolute Gasteiger partial charge is 0.266 e. The molecule has 2 aromatic heterocycles. The average Bonchev–Trinajstić information content (AvgIpc) is 3.44. The number of carbonyl (C=O) groups excluding carboxylic acids is 2. The van der Waals surface area contributed by atoms with Gasteiger partial charge in [0.25, 0.3) is 5.91 Å². The third kappa shape index (κ3) is 4.31. The Labute approximate surface area is 167 Å². The lowest BCUT2D eigenvalue weighted by Gasteiger charge is -2.11. The first-order valence-corrected chi connectivity index (χ1v) is 10.3. The van der Waals surface area contributed by atoms with Crippen molar-refractivity contribution in [2.75, 3.05) is 5.32 Å². The van der Waals surface area contributed by atoms with Crippen molar-refractivity contribution >= 4 is 28.8 Å². The van der Waals surface area contributed by atoms with Crippen LogP contribution in [0.15, 0.2) is 54.2 Å². The van der Waals surface area contributed by atoms with Crippen molar-refractivity contribution in [1.29, 1.82) is 0 Å². The van der Waals surface area contributed by atoms with E-state index in [9.17, 15) is 9.59 Å². The fourth-order valence-electron chi connectivity index (χ4n) is 3.52. The maximum absolute atomic E-state index is 12.7. The molecule has 2 amide bonds. The van der Waals surface area contributed by atoms with Gasteiger partial charge in [-0.15, -0.1) is 11.3 Å². The minimum absolute atomic E-state index is 0.0440. The van der Waals surface area contributed by atoms with E-state index >= 15 is 0 Å². The summed E-state index contributed by atoms with van der Waals surface area (Å²) < 4.78 is 1.55. The zero-order valence-corrected chi connectivity index (χ0v) is 16.2. The SMILES string of the molecule is O=C(Cn1cc(NC(=O)c2sccc2-c2ccccc2)cn1)NC1CCCC1. The number of nitrogens with zero attached hydrogens (tertiary/aromatic N) is 2. The topological polar surface area (TPSA) is 76.0 Å². The number of hydrogen-bond acceptors (Lipinski definition) is 4. The van der Waals surface area contributed by atoms with E-state index in [0.717, 1.165) is 24.0 Å². The lowest BCUT2D eigenvalue weighted by Crippen LogP contribution is -2.35. The van der Waals surface area contributed by atoms with E-state index in [2.05, 4.69) is 15.7 Å². The molecule has 1 aliphatic carbocycles. The van der Waals surface area contributed by atoms with Crippen molar-refractivity contribution in [3.63, 3.8) is 0 Å². The van der Waals surface area contributed by atoms with Crippen LogP contribution in [0.3, 0.4) is 0 Å². The molecular formula is C21H22N4O2S. The van der Waals surface area contributed by atoms with Gasteiger partial charge in [0.1, 0.15) is 6.54 Å². The number of thiophene rings is 1. The third-order valence-corrected chi connectivity index (χ3v) is 5.79. The summed E-state index contributed by atoms with van der Waals surface area (Å²) in [6.07, 6.45) is 7.71. The molecule has 2 heterocycles. The van der Waals surface area contributed by atoms with E-state index in [1.54, 1.807) is 17.1 Å². The second-order valence-corrected chi connectivity index (χ2v) is 7.88. The maximum Gasteiger partial charge on any atom is 0.266 e. The second-order valence-electron chi connectivity index (χ2n) is 6.96. The van der Waals surface area contributed by atoms with Gasteiger partial charge in [0, 0.05) is 17.8 Å². The molecule has 28 heavy (non-hydrogen) atoms. The highest BCUT2D eigenvalue weighted by atomic mass is 32.1. The quantitative estimate of drug-likeness (QED) is 0.665. The van der Waals surface area contributed by atoms with Crippen molar-refractivity contribution in [1.82, 2.24) is 15.1 Å². The molecule has 1 aliphatic rings. The molecule has 4 rings (SSSR count). The molecule has 3 aromatic rings. The number of aromatic nitrogens is 2. The van der Waals surface area contributed by atoms with Gasteiger partial charge >= 0.3 is 0 Å². The van der Waals surface area contributed by atoms with Crippen molar-refractivity contribution in [3.8, 4) is 11.1 Å². The van der Waals surface area contributed by atoms with Gasteiger partial charge in [-0.1, -0.05) is 43.2 Å². The zero-order valence-electron chi connectivity index (χ0n) is 15.4. The number of benzene rings is 1. The van der Waals surface area contributed by atoms with Gasteiger partial charge in [-0.3, -0.25) is 14.3 Å². The van der Waals surface area contributed by atoms with Crippen molar-refractivity contribution in [2.24, 2.45) is 0 Å². The Hall–Kier alpha value is -2.93. The van der Waals surface area contributed by atoms with Gasteiger partial charge in [-0.25, -0.2) is 0 Å². The first-order chi connectivity index (χ1) is 13.7. The maximum atomic E-state index is 12.7. The van der Waals surface area contributed by atoms with Gasteiger partial charge in [-0.05, 0) is 29.9 Å². The van der Waals surface area contributed by atoms with Crippen LogP contribution < -0.4 is 10.6 Å². The predicted octanol–water partition coefficient (Wildman–Crippen LogP) is 3.92. The Morgan fingerprint density at radius 2 is 1.93 bits per heavy atom. The van der Waals surface area contributed by atoms with Gasteiger partial charge in [0.2, 0.25) is 5.91 Å². The normalized spacial score (nSPS) is 14.1. The zero-order chi connectivity index (χ0) is 19.3. The molecule has 6 nitrogen and oxygen atoms in total. The van der Waals surface area contributed by atoms with Crippen LogP contribution in [0, 0.1) is 0 Å². The lowest BCUT2D eigenvalue weighted by molar-refractivity contribution is -0.122. The van der Waals surface area contributed by atoms with Crippen molar-refractivity contribution < 1.29 is 9.59 Å². The number of hydrogen-bond donors (Lipinski definition) is 2. The largest absolute Gasteiger partial charge is 0.352 e. The molecule has 144 valence electrons. The number of carbonyl (C=O) groups is 2. The highest BCUT2D eigenvalue weighted by molar-refractivity contribution is 7.12. The van der Waals surface area contributed by atoms with Gasteiger partial charge in [0.15, 0.2) is 0 Å². The van der Waals surface area contributed by atoms with Crippen LogP contribution in [0.5, 0.6) is 0 Å². The van der Waals surface area contributed by atoms with Crippen LogP contribution in [0.2, 0.25) is 0 Å². The van der Waals surface area contributed by atoms with Crippen LogP contribution in [0.4, 0.5) is 5.69 Å². The summed E-state index contributed by atoms with van der Waals surface area (Å²) in [5, 5.41) is 12.0. The minimum atomic E-state index is -0.177. The number of rotatable bonds is 6. The second kappa shape index (κ2) is 8.39. The summed E-state index contributed by atoms with van der Waals surface area (Å²) in [6, 6.07) is 12.1. The molecule has 0 bridgehead atoms. The number of anilines is 1. The first kappa shape index (κ1) is 18.4. The summed E-state index contributed by atoms with van der Waals surface area (Å²) in [5.41, 5.74) is 2.49. The first-order valence-electron chi connectivity index (χ1n) is 9.45. The average molecular weight is 395 g/mol. The molecule has 0 aliphatic heterocycles. The van der Waals surface area contributed by atoms with Gasteiger partial charge in [0.05, 0.1) is 16.8 Å².